The van der Waals surface area contributed by atoms with Crippen LogP contribution in [0.3, 0.4) is 0 Å². The largest absolute Gasteiger partial charge is 0.496 e. The summed E-state index contributed by atoms with van der Waals surface area (Å²) in [5, 5.41) is 24.3. The number of methoxy groups -OCH3 is 1. The van der Waals surface area contributed by atoms with Crippen LogP contribution < -0.4 is 10.1 Å². The molecule has 2 amide bonds. The highest BCUT2D eigenvalue weighted by atomic mass is 35.5. The van der Waals surface area contributed by atoms with E-state index in [9.17, 15) is 29.4 Å². The van der Waals surface area contributed by atoms with Gasteiger partial charge in [0.15, 0.2) is 0 Å². The summed E-state index contributed by atoms with van der Waals surface area (Å²) in [5.74, 6) is -3.67. The number of piperazine rings is 1. The second-order valence-electron chi connectivity index (χ2n) is 11.8. The normalized spacial score (nSPS) is 18.7. The van der Waals surface area contributed by atoms with Gasteiger partial charge in [0, 0.05) is 66.3 Å². The van der Waals surface area contributed by atoms with E-state index in [-0.39, 0.29) is 62.8 Å². The molecular formula is C34H38Cl2N4O7. The number of aliphatic carboxylic acids is 2. The summed E-state index contributed by atoms with van der Waals surface area (Å²) in [5.41, 5.74) is 0.787. The van der Waals surface area contributed by atoms with Crippen LogP contribution in [0.1, 0.15) is 42.7 Å². The van der Waals surface area contributed by atoms with Gasteiger partial charge in [-0.3, -0.25) is 14.5 Å². The van der Waals surface area contributed by atoms with Crippen molar-refractivity contribution in [3.63, 3.8) is 0 Å². The molecule has 1 unspecified atom stereocenters. The number of dihydropyridines is 1. The molecule has 11 nitrogen and oxygen atoms in total. The van der Waals surface area contributed by atoms with Gasteiger partial charge in [0.05, 0.1) is 37.1 Å². The first-order valence-corrected chi connectivity index (χ1v) is 16.4. The van der Waals surface area contributed by atoms with Gasteiger partial charge in [-0.2, -0.15) is 0 Å². The van der Waals surface area contributed by atoms with E-state index in [0.29, 0.717) is 44.9 Å². The standard InChI is InChI=1S/C34H38Cl2N4O7/c1-47-26-10-3-2-7-21(26)11-12-24-30(33(43)44)32(29-22(35)8-6-9-23(29)36)31(34(45)46)25(37-24)19-27(41)40-17-15-38(16-18-40)20-28(42)39-13-4-5-14-39/h2-3,6-10,32,37H,4-5,11-20H2,1H3,(H,43,44)(H,45,46). The summed E-state index contributed by atoms with van der Waals surface area (Å²) >= 11 is 13.1. The zero-order valence-electron chi connectivity index (χ0n) is 26.1. The molecule has 0 saturated carbocycles. The summed E-state index contributed by atoms with van der Waals surface area (Å²) in [7, 11) is 1.55. The quantitative estimate of drug-likeness (QED) is 0.318. The highest BCUT2D eigenvalue weighted by molar-refractivity contribution is 6.36. The van der Waals surface area contributed by atoms with Crippen molar-refractivity contribution in [2.75, 3.05) is 52.9 Å². The molecule has 2 saturated heterocycles. The molecule has 1 atom stereocenters. The number of allylic oxidation sites excluding steroid dienone is 1. The molecule has 0 bridgehead atoms. The zero-order chi connectivity index (χ0) is 33.7. The van der Waals surface area contributed by atoms with Gasteiger partial charge in [0.1, 0.15) is 5.75 Å². The number of carbonyl (C=O) groups excluding carboxylic acids is 2. The second kappa shape index (κ2) is 15.2. The molecule has 2 fully saturated rings. The van der Waals surface area contributed by atoms with E-state index in [0.717, 1.165) is 31.5 Å². The molecular weight excluding hydrogens is 647 g/mol. The summed E-state index contributed by atoms with van der Waals surface area (Å²) in [6, 6.07) is 12.0. The van der Waals surface area contributed by atoms with Crippen LogP contribution in [-0.4, -0.2) is 102 Å². The number of likely N-dealkylation sites (tertiary alicyclic amines) is 1. The van der Waals surface area contributed by atoms with Crippen LogP contribution in [0.25, 0.3) is 0 Å². The van der Waals surface area contributed by atoms with Gasteiger partial charge in [-0.1, -0.05) is 47.5 Å². The first kappa shape index (κ1) is 34.3. The first-order valence-electron chi connectivity index (χ1n) is 15.6. The lowest BCUT2D eigenvalue weighted by Crippen LogP contribution is -2.51. The summed E-state index contributed by atoms with van der Waals surface area (Å²) in [6.45, 7) is 3.63. The highest BCUT2D eigenvalue weighted by Crippen LogP contribution is 2.45. The number of carboxylic acids is 2. The molecule has 13 heteroatoms. The Balaban J connectivity index is 1.43. The maximum atomic E-state index is 13.7. The Morgan fingerprint density at radius 3 is 2.00 bits per heavy atom. The Morgan fingerprint density at radius 1 is 0.787 bits per heavy atom. The van der Waals surface area contributed by atoms with Crippen molar-refractivity contribution in [3.8, 4) is 5.75 Å². The fourth-order valence-electron chi connectivity index (χ4n) is 6.57. The number of ether oxygens (including phenoxy) is 1. The average molecular weight is 686 g/mol. The molecule has 250 valence electrons. The maximum absolute atomic E-state index is 13.7. The fraction of sp³-hybridized carbons (Fsp3) is 0.412. The molecule has 3 aliphatic heterocycles. The lowest BCUT2D eigenvalue weighted by molar-refractivity contribution is -0.135. The summed E-state index contributed by atoms with van der Waals surface area (Å²) in [6.07, 6.45) is 2.27. The van der Waals surface area contributed by atoms with Crippen molar-refractivity contribution < 1.29 is 34.1 Å². The monoisotopic (exact) mass is 684 g/mol. The van der Waals surface area contributed by atoms with Gasteiger partial charge in [-0.15, -0.1) is 0 Å². The third-order valence-electron chi connectivity index (χ3n) is 8.99. The van der Waals surface area contributed by atoms with E-state index >= 15 is 0 Å². The fourth-order valence-corrected chi connectivity index (χ4v) is 7.19. The predicted molar refractivity (Wildman–Crippen MR) is 176 cm³/mol. The van der Waals surface area contributed by atoms with Crippen molar-refractivity contribution in [1.82, 2.24) is 20.0 Å². The minimum atomic E-state index is -1.39. The Bertz CT molecular complexity index is 1590. The van der Waals surface area contributed by atoms with E-state index in [1.54, 1.807) is 24.1 Å². The zero-order valence-corrected chi connectivity index (χ0v) is 27.6. The minimum Gasteiger partial charge on any atom is -0.496 e. The topological polar surface area (TPSA) is 140 Å². The van der Waals surface area contributed by atoms with E-state index in [2.05, 4.69) is 5.32 Å². The lowest BCUT2D eigenvalue weighted by Gasteiger charge is -2.36. The predicted octanol–water partition coefficient (Wildman–Crippen LogP) is 4.16. The number of hydrogen-bond acceptors (Lipinski definition) is 7. The Morgan fingerprint density at radius 2 is 1.38 bits per heavy atom. The number of hydrogen-bond donors (Lipinski definition) is 3. The number of nitrogens with zero attached hydrogens (tertiary/aromatic N) is 3. The van der Waals surface area contributed by atoms with Gasteiger partial charge in [-0.25, -0.2) is 9.59 Å². The number of carboxylic acid groups (broad SMARTS) is 2. The summed E-state index contributed by atoms with van der Waals surface area (Å²) in [4.78, 5) is 57.7. The molecule has 0 spiro atoms. The van der Waals surface area contributed by atoms with Crippen LogP contribution in [0.5, 0.6) is 5.75 Å². The third-order valence-corrected chi connectivity index (χ3v) is 9.65. The molecule has 0 aliphatic carbocycles. The number of halogens is 2. The van der Waals surface area contributed by atoms with E-state index < -0.39 is 17.9 Å². The van der Waals surface area contributed by atoms with Crippen molar-refractivity contribution in [3.05, 3.63) is 86.2 Å². The van der Waals surface area contributed by atoms with E-state index in [4.69, 9.17) is 27.9 Å². The number of rotatable bonds is 11. The van der Waals surface area contributed by atoms with Crippen LogP contribution in [0.15, 0.2) is 65.0 Å². The van der Waals surface area contributed by atoms with Crippen LogP contribution >= 0.6 is 23.2 Å². The molecule has 2 aromatic carbocycles. The SMILES string of the molecule is COc1ccccc1CCC1=C(C(=O)O)C(c2c(Cl)cccc2Cl)C(C(=O)O)=C(CC(=O)N2CCN(CC(=O)N3CCCC3)CC2)N1. The van der Waals surface area contributed by atoms with Gasteiger partial charge in [-0.05, 0) is 49.4 Å². The van der Waals surface area contributed by atoms with Gasteiger partial charge >= 0.3 is 11.9 Å². The summed E-state index contributed by atoms with van der Waals surface area (Å²) < 4.78 is 5.48. The number of amides is 2. The van der Waals surface area contributed by atoms with E-state index in [1.807, 2.05) is 28.0 Å². The van der Waals surface area contributed by atoms with Crippen LogP contribution in [0.4, 0.5) is 0 Å². The van der Waals surface area contributed by atoms with Crippen LogP contribution in [0, 0.1) is 0 Å². The minimum absolute atomic E-state index is 0.0788. The number of aryl methyl sites for hydroxylation is 1. The second-order valence-corrected chi connectivity index (χ2v) is 12.6. The Hall–Kier alpha value is -4.06. The van der Waals surface area contributed by atoms with E-state index in [1.165, 1.54) is 12.1 Å². The van der Waals surface area contributed by atoms with Crippen molar-refractivity contribution in [1.29, 1.82) is 0 Å². The Kier molecular flexibility index (Phi) is 11.1. The first-order chi connectivity index (χ1) is 22.6. The van der Waals surface area contributed by atoms with Gasteiger partial charge in [0.25, 0.3) is 0 Å². The molecule has 3 N–H and O–H groups in total. The molecule has 2 aromatic rings. The molecule has 3 heterocycles. The van der Waals surface area contributed by atoms with Gasteiger partial charge < -0.3 is 30.1 Å². The number of benzene rings is 2. The average Bonchev–Trinajstić information content (AvgIpc) is 3.59. The number of carbonyl (C=O) groups is 4. The van der Waals surface area contributed by atoms with Gasteiger partial charge in [0.2, 0.25) is 11.8 Å². The van der Waals surface area contributed by atoms with Crippen molar-refractivity contribution >= 4 is 47.0 Å². The third kappa shape index (κ3) is 7.75. The highest BCUT2D eigenvalue weighted by Gasteiger charge is 2.41. The lowest BCUT2D eigenvalue weighted by atomic mass is 9.78. The maximum Gasteiger partial charge on any atom is 0.334 e. The van der Waals surface area contributed by atoms with Crippen LogP contribution in [-0.2, 0) is 25.6 Å². The molecule has 47 heavy (non-hydrogen) atoms. The smallest absolute Gasteiger partial charge is 0.334 e. The molecule has 0 radical (unpaired) electrons. The van der Waals surface area contributed by atoms with Crippen LogP contribution in [0.2, 0.25) is 10.0 Å². The molecule has 0 aromatic heterocycles. The number of nitrogens with one attached hydrogen (secondary N) is 1. The molecule has 5 rings (SSSR count). The molecule has 3 aliphatic rings. The Labute approximate surface area is 283 Å². The van der Waals surface area contributed by atoms with Crippen molar-refractivity contribution in [2.45, 2.75) is 38.0 Å². The van der Waals surface area contributed by atoms with Crippen molar-refractivity contribution in [2.24, 2.45) is 0 Å². The number of para-hydroxylation sites is 1.